The molecule has 31 heavy (non-hydrogen) atoms. The second kappa shape index (κ2) is 8.37. The summed E-state index contributed by atoms with van der Waals surface area (Å²) in [5, 5.41) is 0. The van der Waals surface area contributed by atoms with Crippen molar-refractivity contribution in [2.24, 2.45) is 11.8 Å². The molecule has 1 saturated heterocycles. The molecule has 168 valence electrons. The SMILES string of the molecule is Cc1c(F)cc(OC(F)(F)c2c(F)cc(C3CCC(C4CCC4)CO3)cc2F)cc1F. The van der Waals surface area contributed by atoms with Gasteiger partial charge in [-0.25, -0.2) is 17.6 Å². The van der Waals surface area contributed by atoms with Crippen LogP contribution in [-0.2, 0) is 10.8 Å². The first-order chi connectivity index (χ1) is 14.7. The summed E-state index contributed by atoms with van der Waals surface area (Å²) < 4.78 is 95.4. The number of hydrogen-bond acceptors (Lipinski definition) is 2. The first-order valence-corrected chi connectivity index (χ1v) is 10.3. The van der Waals surface area contributed by atoms with Gasteiger partial charge in [-0.1, -0.05) is 19.3 Å². The predicted octanol–water partition coefficient (Wildman–Crippen LogP) is 6.95. The fourth-order valence-corrected chi connectivity index (χ4v) is 4.25. The molecule has 2 nitrogen and oxygen atoms in total. The van der Waals surface area contributed by atoms with Crippen LogP contribution in [0.5, 0.6) is 5.75 Å². The molecule has 2 aromatic rings. The van der Waals surface area contributed by atoms with Gasteiger partial charge in [0.05, 0.1) is 12.7 Å². The van der Waals surface area contributed by atoms with Crippen LogP contribution in [0.2, 0.25) is 0 Å². The summed E-state index contributed by atoms with van der Waals surface area (Å²) >= 11 is 0. The van der Waals surface area contributed by atoms with Crippen molar-refractivity contribution in [3.8, 4) is 5.75 Å². The van der Waals surface area contributed by atoms with Crippen molar-refractivity contribution in [2.45, 2.75) is 51.2 Å². The van der Waals surface area contributed by atoms with Crippen LogP contribution in [0.1, 0.15) is 54.9 Å². The van der Waals surface area contributed by atoms with Crippen molar-refractivity contribution in [2.75, 3.05) is 6.61 Å². The number of benzene rings is 2. The van der Waals surface area contributed by atoms with E-state index in [1.165, 1.54) is 19.3 Å². The van der Waals surface area contributed by atoms with Crippen LogP contribution < -0.4 is 4.74 Å². The van der Waals surface area contributed by atoms with E-state index in [0.29, 0.717) is 37.0 Å². The lowest BCUT2D eigenvalue weighted by Crippen LogP contribution is -2.31. The van der Waals surface area contributed by atoms with Gasteiger partial charge in [0.25, 0.3) is 0 Å². The molecule has 2 aromatic carbocycles. The molecule has 0 radical (unpaired) electrons. The topological polar surface area (TPSA) is 18.5 Å². The van der Waals surface area contributed by atoms with Gasteiger partial charge >= 0.3 is 6.11 Å². The zero-order chi connectivity index (χ0) is 22.3. The molecule has 1 heterocycles. The molecule has 0 bridgehead atoms. The molecule has 2 aliphatic rings. The maximum absolute atomic E-state index is 14.6. The van der Waals surface area contributed by atoms with E-state index in [4.69, 9.17) is 4.74 Å². The van der Waals surface area contributed by atoms with Crippen LogP contribution in [0.25, 0.3) is 0 Å². The maximum atomic E-state index is 14.6. The third kappa shape index (κ3) is 4.40. The molecule has 4 rings (SSSR count). The van der Waals surface area contributed by atoms with E-state index >= 15 is 0 Å². The Morgan fingerprint density at radius 2 is 1.45 bits per heavy atom. The Morgan fingerprint density at radius 3 is 1.94 bits per heavy atom. The summed E-state index contributed by atoms with van der Waals surface area (Å²) in [5.41, 5.74) is -1.88. The van der Waals surface area contributed by atoms with E-state index in [9.17, 15) is 26.3 Å². The highest BCUT2D eigenvalue weighted by molar-refractivity contribution is 5.33. The highest BCUT2D eigenvalue weighted by Gasteiger charge is 2.42. The average molecular weight is 444 g/mol. The van der Waals surface area contributed by atoms with Crippen molar-refractivity contribution in [3.63, 3.8) is 0 Å². The van der Waals surface area contributed by atoms with Gasteiger partial charge in [-0.05, 0) is 49.3 Å². The molecule has 0 aromatic heterocycles. The molecular weight excluding hydrogens is 422 g/mol. The van der Waals surface area contributed by atoms with E-state index in [1.807, 2.05) is 0 Å². The van der Waals surface area contributed by atoms with E-state index in [0.717, 1.165) is 25.5 Å². The Kier molecular flexibility index (Phi) is 5.94. The van der Waals surface area contributed by atoms with Gasteiger partial charge in [0, 0.05) is 17.7 Å². The monoisotopic (exact) mass is 444 g/mol. The number of alkyl halides is 2. The lowest BCUT2D eigenvalue weighted by atomic mass is 9.73. The summed E-state index contributed by atoms with van der Waals surface area (Å²) in [5.74, 6) is -5.09. The number of hydrogen-bond donors (Lipinski definition) is 0. The van der Waals surface area contributed by atoms with Crippen molar-refractivity contribution in [3.05, 3.63) is 64.2 Å². The van der Waals surface area contributed by atoms with Gasteiger partial charge in [-0.15, -0.1) is 0 Å². The number of rotatable bonds is 5. The third-order valence-corrected chi connectivity index (χ3v) is 6.36. The van der Waals surface area contributed by atoms with Gasteiger partial charge in [-0.2, -0.15) is 8.78 Å². The third-order valence-electron chi connectivity index (χ3n) is 6.36. The second-order valence-electron chi connectivity index (χ2n) is 8.34. The van der Waals surface area contributed by atoms with Crippen LogP contribution in [0, 0.1) is 42.0 Å². The van der Waals surface area contributed by atoms with Gasteiger partial charge < -0.3 is 9.47 Å². The number of halogens is 6. The van der Waals surface area contributed by atoms with Crippen molar-refractivity contribution in [1.29, 1.82) is 0 Å². The fraction of sp³-hybridized carbons (Fsp3) is 0.478. The maximum Gasteiger partial charge on any atom is 0.432 e. The van der Waals surface area contributed by atoms with Crippen LogP contribution in [0.4, 0.5) is 26.3 Å². The van der Waals surface area contributed by atoms with E-state index in [2.05, 4.69) is 4.74 Å². The molecular formula is C23H22F6O2. The summed E-state index contributed by atoms with van der Waals surface area (Å²) in [6.07, 6.45) is -0.118. The Labute approximate surface area is 176 Å². The van der Waals surface area contributed by atoms with Gasteiger partial charge in [0.1, 0.15) is 34.6 Å². The molecule has 1 aliphatic heterocycles. The number of ether oxygens (including phenoxy) is 2. The Bertz CT molecular complexity index is 919. The minimum absolute atomic E-state index is 0.133. The smallest absolute Gasteiger partial charge is 0.429 e. The Morgan fingerprint density at radius 1 is 0.839 bits per heavy atom. The van der Waals surface area contributed by atoms with Crippen LogP contribution >= 0.6 is 0 Å². The fourth-order valence-electron chi connectivity index (χ4n) is 4.25. The molecule has 8 heteroatoms. The van der Waals surface area contributed by atoms with E-state index in [-0.39, 0.29) is 11.1 Å². The molecule has 1 saturated carbocycles. The van der Waals surface area contributed by atoms with E-state index in [1.54, 1.807) is 0 Å². The molecule has 2 unspecified atom stereocenters. The highest BCUT2D eigenvalue weighted by Crippen LogP contribution is 2.42. The van der Waals surface area contributed by atoms with Crippen molar-refractivity contribution < 1.29 is 35.8 Å². The first kappa shape index (κ1) is 22.0. The standard InChI is InChI=1S/C23H22F6O2/c1-12-17(24)9-16(10-18(12)25)31-23(28,29)22-19(26)7-15(8-20(22)27)21-6-5-14(11-30-21)13-3-2-4-13/h7-10,13-14,21H,2-6,11H2,1H3. The van der Waals surface area contributed by atoms with Crippen molar-refractivity contribution in [1.82, 2.24) is 0 Å². The summed E-state index contributed by atoms with van der Waals surface area (Å²) in [6.45, 7) is 1.59. The Hall–Kier alpha value is -2.22. The molecule has 1 aliphatic carbocycles. The second-order valence-corrected chi connectivity index (χ2v) is 8.34. The van der Waals surface area contributed by atoms with Gasteiger partial charge in [0.2, 0.25) is 0 Å². The lowest BCUT2D eigenvalue weighted by Gasteiger charge is -2.38. The van der Waals surface area contributed by atoms with Crippen LogP contribution in [0.15, 0.2) is 24.3 Å². The van der Waals surface area contributed by atoms with Crippen LogP contribution in [-0.4, -0.2) is 6.61 Å². The normalized spacial score (nSPS) is 22.3. The predicted molar refractivity (Wildman–Crippen MR) is 101 cm³/mol. The highest BCUT2D eigenvalue weighted by atomic mass is 19.3. The van der Waals surface area contributed by atoms with E-state index < -0.39 is 46.8 Å². The van der Waals surface area contributed by atoms with Gasteiger partial charge in [0.15, 0.2) is 0 Å². The summed E-state index contributed by atoms with van der Waals surface area (Å²) in [4.78, 5) is 0. The first-order valence-electron chi connectivity index (χ1n) is 10.3. The molecule has 0 N–H and O–H groups in total. The lowest BCUT2D eigenvalue weighted by molar-refractivity contribution is -0.189. The minimum atomic E-state index is -4.48. The van der Waals surface area contributed by atoms with Gasteiger partial charge in [-0.3, -0.25) is 0 Å². The molecule has 0 spiro atoms. The quantitative estimate of drug-likeness (QED) is 0.465. The molecule has 2 atom stereocenters. The molecule has 2 fully saturated rings. The van der Waals surface area contributed by atoms with Crippen LogP contribution in [0.3, 0.4) is 0 Å². The summed E-state index contributed by atoms with van der Waals surface area (Å²) in [7, 11) is 0. The largest absolute Gasteiger partial charge is 0.432 e. The zero-order valence-corrected chi connectivity index (χ0v) is 16.9. The van der Waals surface area contributed by atoms with Crippen molar-refractivity contribution >= 4 is 0 Å². The average Bonchev–Trinajstić information content (AvgIpc) is 2.64. The zero-order valence-electron chi connectivity index (χ0n) is 16.9. The summed E-state index contributed by atoms with van der Waals surface area (Å²) in [6, 6.07) is 2.68. The Balaban J connectivity index is 1.52. The minimum Gasteiger partial charge on any atom is -0.429 e. The molecule has 0 amide bonds.